The Hall–Kier alpha value is -2.60. The lowest BCUT2D eigenvalue weighted by molar-refractivity contribution is -0.135. The summed E-state index contributed by atoms with van der Waals surface area (Å²) in [5, 5.41) is 14.0. The van der Waals surface area contributed by atoms with E-state index in [9.17, 15) is 26.7 Å². The maximum atomic E-state index is 13.7. The van der Waals surface area contributed by atoms with E-state index in [4.69, 9.17) is 0 Å². The lowest BCUT2D eigenvalue weighted by atomic mass is 9.85. The van der Waals surface area contributed by atoms with Crippen molar-refractivity contribution in [2.45, 2.75) is 68.3 Å². The van der Waals surface area contributed by atoms with Crippen LogP contribution < -0.4 is 10.0 Å². The largest absolute Gasteiger partial charge is 0.511 e. The number of nitrogens with one attached hydrogen (secondary N) is 2. The standard InChI is InChI=1S/C22H28N4O6S2/c1-33(29,30)24-13-10-11-16-18(12-13)34(31,32)25-21(23-16)19-20(27)15-8-5-9-17(15)26(22(19)28)14-6-3-2-4-7-14/h10-12,14-15,17,24,27H,2-9H2,1H3,(H,23,25)/t15-,17+/m1/s1. The van der Waals surface area contributed by atoms with E-state index in [0.29, 0.717) is 0 Å². The van der Waals surface area contributed by atoms with E-state index in [2.05, 4.69) is 14.4 Å². The molecule has 3 N–H and O–H groups in total. The highest BCUT2D eigenvalue weighted by molar-refractivity contribution is 7.92. The highest BCUT2D eigenvalue weighted by Crippen LogP contribution is 2.43. The summed E-state index contributed by atoms with van der Waals surface area (Å²) >= 11 is 0. The summed E-state index contributed by atoms with van der Waals surface area (Å²) < 4.78 is 55.2. The van der Waals surface area contributed by atoms with Gasteiger partial charge >= 0.3 is 0 Å². The van der Waals surface area contributed by atoms with Crippen LogP contribution in [0.1, 0.15) is 51.4 Å². The molecule has 0 spiro atoms. The average molecular weight is 509 g/mol. The third-order valence-electron chi connectivity index (χ3n) is 7.12. The summed E-state index contributed by atoms with van der Waals surface area (Å²) in [5.74, 6) is -0.901. The quantitative estimate of drug-likeness (QED) is 0.567. The highest BCUT2D eigenvalue weighted by atomic mass is 32.2. The zero-order valence-electron chi connectivity index (χ0n) is 18.8. The topological polar surface area (TPSA) is 145 Å². The average Bonchev–Trinajstić information content (AvgIpc) is 3.23. The van der Waals surface area contributed by atoms with Gasteiger partial charge in [0.2, 0.25) is 10.0 Å². The molecule has 184 valence electrons. The fraction of sp³-hybridized carbons (Fsp3) is 0.545. The van der Waals surface area contributed by atoms with Crippen LogP contribution >= 0.6 is 0 Å². The van der Waals surface area contributed by atoms with E-state index in [1.54, 1.807) is 0 Å². The van der Waals surface area contributed by atoms with Gasteiger partial charge in [0.25, 0.3) is 15.9 Å². The number of anilines is 2. The van der Waals surface area contributed by atoms with Gasteiger partial charge in [-0.3, -0.25) is 9.52 Å². The fourth-order valence-electron chi connectivity index (χ4n) is 5.73. The Labute approximate surface area is 199 Å². The molecule has 12 heteroatoms. The van der Waals surface area contributed by atoms with E-state index in [-0.39, 0.29) is 57.3 Å². The fourth-order valence-corrected chi connectivity index (χ4v) is 7.43. The molecule has 2 aliphatic carbocycles. The summed E-state index contributed by atoms with van der Waals surface area (Å²) in [6.45, 7) is 0. The van der Waals surface area contributed by atoms with Crippen molar-refractivity contribution in [2.24, 2.45) is 10.3 Å². The Morgan fingerprint density at radius 2 is 1.85 bits per heavy atom. The molecule has 2 heterocycles. The number of aliphatic hydroxyl groups is 1. The molecule has 2 aliphatic heterocycles. The second kappa shape index (κ2) is 8.26. The number of carbonyl (C=O) groups is 1. The smallest absolute Gasteiger partial charge is 0.286 e. The third-order valence-corrected chi connectivity index (χ3v) is 9.05. The summed E-state index contributed by atoms with van der Waals surface area (Å²) in [6, 6.07) is 4.02. The van der Waals surface area contributed by atoms with Crippen molar-refractivity contribution in [1.29, 1.82) is 0 Å². The van der Waals surface area contributed by atoms with Gasteiger partial charge in [-0.25, -0.2) is 8.42 Å². The number of hydrogen-bond acceptors (Lipinski definition) is 7. The highest BCUT2D eigenvalue weighted by Gasteiger charge is 2.48. The number of sulfonamides is 2. The van der Waals surface area contributed by atoms with Crippen molar-refractivity contribution in [3.8, 4) is 0 Å². The Morgan fingerprint density at radius 1 is 1.12 bits per heavy atom. The van der Waals surface area contributed by atoms with E-state index < -0.39 is 20.0 Å². The molecular formula is C22H28N4O6S2. The molecule has 2 atom stereocenters. The van der Waals surface area contributed by atoms with Gasteiger partial charge in [-0.2, -0.15) is 8.42 Å². The molecule has 0 bridgehead atoms. The molecule has 0 aromatic heterocycles. The molecule has 1 aromatic rings. The molecule has 10 nitrogen and oxygen atoms in total. The lowest BCUT2D eigenvalue weighted by Crippen LogP contribution is -2.55. The summed E-state index contributed by atoms with van der Waals surface area (Å²) in [7, 11) is -7.86. The third kappa shape index (κ3) is 4.06. The summed E-state index contributed by atoms with van der Waals surface area (Å²) in [6.07, 6.45) is 8.44. The van der Waals surface area contributed by atoms with Crippen molar-refractivity contribution in [3.63, 3.8) is 0 Å². The molecular weight excluding hydrogens is 480 g/mol. The molecule has 5 rings (SSSR count). The van der Waals surface area contributed by atoms with E-state index in [1.807, 2.05) is 4.90 Å². The van der Waals surface area contributed by atoms with Crippen molar-refractivity contribution in [1.82, 2.24) is 4.90 Å². The maximum Gasteiger partial charge on any atom is 0.286 e. The molecule has 2 saturated carbocycles. The predicted octanol–water partition coefficient (Wildman–Crippen LogP) is 2.73. The Balaban J connectivity index is 1.54. The molecule has 2 fully saturated rings. The number of amidine groups is 1. The first kappa shape index (κ1) is 23.2. The predicted molar refractivity (Wildman–Crippen MR) is 128 cm³/mol. The van der Waals surface area contributed by atoms with Crippen molar-refractivity contribution in [3.05, 3.63) is 29.5 Å². The number of amides is 1. The monoisotopic (exact) mass is 508 g/mol. The molecule has 0 radical (unpaired) electrons. The first-order valence-electron chi connectivity index (χ1n) is 11.6. The van der Waals surface area contributed by atoms with Gasteiger partial charge in [0, 0.05) is 23.7 Å². The van der Waals surface area contributed by atoms with Crippen LogP contribution in [0.4, 0.5) is 11.4 Å². The first-order valence-corrected chi connectivity index (χ1v) is 14.9. The van der Waals surface area contributed by atoms with E-state index in [0.717, 1.165) is 57.6 Å². The number of hydrogen-bond donors (Lipinski definition) is 3. The maximum absolute atomic E-state index is 13.7. The normalized spacial score (nSPS) is 27.0. The molecule has 4 aliphatic rings. The summed E-state index contributed by atoms with van der Waals surface area (Å²) in [4.78, 5) is 15.4. The van der Waals surface area contributed by atoms with Gasteiger partial charge in [-0.05, 0) is 43.9 Å². The van der Waals surface area contributed by atoms with Gasteiger partial charge in [0.15, 0.2) is 5.84 Å². The second-order valence-corrected chi connectivity index (χ2v) is 12.8. The minimum Gasteiger partial charge on any atom is -0.511 e. The molecule has 0 saturated heterocycles. The van der Waals surface area contributed by atoms with E-state index >= 15 is 0 Å². The van der Waals surface area contributed by atoms with Gasteiger partial charge < -0.3 is 15.3 Å². The molecule has 34 heavy (non-hydrogen) atoms. The lowest BCUT2D eigenvalue weighted by Gasteiger charge is -2.44. The van der Waals surface area contributed by atoms with Gasteiger partial charge in [-0.1, -0.05) is 25.7 Å². The van der Waals surface area contributed by atoms with Gasteiger partial charge in [0.05, 0.1) is 11.9 Å². The van der Waals surface area contributed by atoms with Crippen molar-refractivity contribution >= 4 is 43.2 Å². The van der Waals surface area contributed by atoms with Crippen molar-refractivity contribution in [2.75, 3.05) is 16.3 Å². The Bertz CT molecular complexity index is 1310. The number of benzene rings is 1. The SMILES string of the molecule is CS(=O)(=O)Nc1ccc2c(c1)S(=O)(=O)N=C(C1=C(O)[C@@H]3CCC[C@@H]3N(C3CCCCC3)C1=O)N2. The van der Waals surface area contributed by atoms with Crippen LogP contribution in [0, 0.1) is 5.92 Å². The number of rotatable bonds is 4. The van der Waals surface area contributed by atoms with Crippen LogP contribution in [0.25, 0.3) is 0 Å². The van der Waals surface area contributed by atoms with Crippen molar-refractivity contribution < 1.29 is 26.7 Å². The van der Waals surface area contributed by atoms with Crippen LogP contribution in [0.15, 0.2) is 38.8 Å². The number of fused-ring (bicyclic) bond motifs is 2. The summed E-state index contributed by atoms with van der Waals surface area (Å²) in [5.41, 5.74) is 0.162. The van der Waals surface area contributed by atoms with Crippen LogP contribution in [0.2, 0.25) is 0 Å². The van der Waals surface area contributed by atoms with E-state index in [1.165, 1.54) is 18.2 Å². The Kier molecular flexibility index (Phi) is 5.63. The van der Waals surface area contributed by atoms with Crippen LogP contribution in [0.5, 0.6) is 0 Å². The number of nitrogens with zero attached hydrogens (tertiary/aromatic N) is 2. The molecule has 0 unspecified atom stereocenters. The second-order valence-electron chi connectivity index (χ2n) is 9.49. The van der Waals surface area contributed by atoms with Crippen LogP contribution in [-0.2, 0) is 24.8 Å². The Morgan fingerprint density at radius 3 is 2.56 bits per heavy atom. The van der Waals surface area contributed by atoms with Crippen LogP contribution in [0.3, 0.4) is 0 Å². The zero-order valence-corrected chi connectivity index (χ0v) is 20.5. The molecule has 1 aromatic carbocycles. The number of aliphatic hydroxyl groups excluding tert-OH is 1. The zero-order chi connectivity index (χ0) is 24.3. The number of carbonyl (C=O) groups excluding carboxylic acids is 1. The van der Waals surface area contributed by atoms with Crippen LogP contribution in [-0.4, -0.2) is 56.9 Å². The minimum absolute atomic E-state index is 0.0722. The minimum atomic E-state index is -4.26. The van der Waals surface area contributed by atoms with Gasteiger partial charge in [-0.15, -0.1) is 4.40 Å². The molecule has 1 amide bonds. The first-order chi connectivity index (χ1) is 16.0. The van der Waals surface area contributed by atoms with Gasteiger partial charge in [0.1, 0.15) is 16.2 Å².